The highest BCUT2D eigenvalue weighted by molar-refractivity contribution is 5.76. The fourth-order valence-electron chi connectivity index (χ4n) is 1.91. The summed E-state index contributed by atoms with van der Waals surface area (Å²) in [6, 6.07) is 4.28. The third kappa shape index (κ3) is 3.36. The summed E-state index contributed by atoms with van der Waals surface area (Å²) in [4.78, 5) is 11.3. The van der Waals surface area contributed by atoms with E-state index < -0.39 is 12.0 Å². The number of ether oxygens (including phenoxy) is 2. The molecule has 19 heavy (non-hydrogen) atoms. The van der Waals surface area contributed by atoms with Crippen LogP contribution in [0.3, 0.4) is 0 Å². The monoisotopic (exact) mass is 267 g/mol. The van der Waals surface area contributed by atoms with Gasteiger partial charge in [0.15, 0.2) is 11.5 Å². The Labute approximate surface area is 111 Å². The van der Waals surface area contributed by atoms with Gasteiger partial charge in [-0.05, 0) is 30.7 Å². The summed E-state index contributed by atoms with van der Waals surface area (Å²) in [6.45, 7) is 1.43. The maximum atomic E-state index is 11.3. The molecule has 1 aromatic rings. The Balaban J connectivity index is 2.14. The van der Waals surface area contributed by atoms with E-state index in [1.165, 1.54) is 0 Å². The van der Waals surface area contributed by atoms with Gasteiger partial charge in [0.25, 0.3) is 0 Å². The molecule has 2 rings (SSSR count). The molecule has 3 N–H and O–H groups in total. The quantitative estimate of drug-likeness (QED) is 0.653. The first-order valence-corrected chi connectivity index (χ1v) is 6.19. The molecule has 0 fully saturated rings. The van der Waals surface area contributed by atoms with E-state index in [1.54, 1.807) is 18.2 Å². The van der Waals surface area contributed by atoms with Crippen LogP contribution in [-0.4, -0.2) is 42.5 Å². The standard InChI is InChI=1S/C13H17NO5/c15-5-1-4-14-12(13(16)17)9-2-3-10-11(8-9)19-7-6-18-10/h2-3,8,12,14-15H,1,4-7H2,(H,16,17). The SMILES string of the molecule is O=C(O)C(NCCCO)c1ccc2c(c1)OCCO2. The fourth-order valence-corrected chi connectivity index (χ4v) is 1.91. The predicted molar refractivity (Wildman–Crippen MR) is 67.5 cm³/mol. The van der Waals surface area contributed by atoms with Crippen molar-refractivity contribution in [2.45, 2.75) is 12.5 Å². The van der Waals surface area contributed by atoms with Crippen molar-refractivity contribution in [3.8, 4) is 11.5 Å². The Kier molecular flexibility index (Phi) is 4.59. The first-order valence-electron chi connectivity index (χ1n) is 6.19. The van der Waals surface area contributed by atoms with Crippen LogP contribution in [0.2, 0.25) is 0 Å². The molecule has 0 amide bonds. The van der Waals surface area contributed by atoms with Crippen molar-refractivity contribution in [3.05, 3.63) is 23.8 Å². The van der Waals surface area contributed by atoms with Gasteiger partial charge >= 0.3 is 5.97 Å². The minimum Gasteiger partial charge on any atom is -0.486 e. The third-order valence-corrected chi connectivity index (χ3v) is 2.83. The van der Waals surface area contributed by atoms with Gasteiger partial charge in [0.1, 0.15) is 19.3 Å². The maximum Gasteiger partial charge on any atom is 0.325 e. The highest BCUT2D eigenvalue weighted by Crippen LogP contribution is 2.32. The fraction of sp³-hybridized carbons (Fsp3) is 0.462. The first kappa shape index (κ1) is 13.6. The molecule has 1 unspecified atom stereocenters. The van der Waals surface area contributed by atoms with Crippen LogP contribution in [-0.2, 0) is 4.79 Å². The van der Waals surface area contributed by atoms with E-state index in [-0.39, 0.29) is 6.61 Å². The second-order valence-electron chi connectivity index (χ2n) is 4.21. The highest BCUT2D eigenvalue weighted by Gasteiger charge is 2.21. The van der Waals surface area contributed by atoms with Gasteiger partial charge in [0.2, 0.25) is 0 Å². The molecule has 0 spiro atoms. The minimum absolute atomic E-state index is 0.0283. The Morgan fingerprint density at radius 3 is 2.74 bits per heavy atom. The van der Waals surface area contributed by atoms with Gasteiger partial charge in [0, 0.05) is 6.61 Å². The highest BCUT2D eigenvalue weighted by atomic mass is 16.6. The molecule has 6 nitrogen and oxygen atoms in total. The van der Waals surface area contributed by atoms with Crippen molar-refractivity contribution in [2.75, 3.05) is 26.4 Å². The molecule has 1 heterocycles. The summed E-state index contributed by atoms with van der Waals surface area (Å²) in [5.74, 6) is 0.239. The third-order valence-electron chi connectivity index (χ3n) is 2.83. The zero-order valence-electron chi connectivity index (χ0n) is 10.5. The van der Waals surface area contributed by atoms with Crippen LogP contribution in [0.5, 0.6) is 11.5 Å². The van der Waals surface area contributed by atoms with Gasteiger partial charge in [-0.2, -0.15) is 0 Å². The lowest BCUT2D eigenvalue weighted by molar-refractivity contribution is -0.139. The smallest absolute Gasteiger partial charge is 0.325 e. The number of aliphatic hydroxyl groups excluding tert-OH is 1. The van der Waals surface area contributed by atoms with E-state index >= 15 is 0 Å². The van der Waals surface area contributed by atoms with Crippen molar-refractivity contribution >= 4 is 5.97 Å². The van der Waals surface area contributed by atoms with Crippen LogP contribution >= 0.6 is 0 Å². The number of nitrogens with one attached hydrogen (secondary N) is 1. The second kappa shape index (κ2) is 6.40. The van der Waals surface area contributed by atoms with E-state index in [0.29, 0.717) is 43.2 Å². The summed E-state index contributed by atoms with van der Waals surface area (Å²) in [6.07, 6.45) is 0.508. The van der Waals surface area contributed by atoms with Crippen LogP contribution in [0, 0.1) is 0 Å². The first-order chi connectivity index (χ1) is 9.22. The van der Waals surface area contributed by atoms with Crippen LogP contribution in [0.15, 0.2) is 18.2 Å². The Morgan fingerprint density at radius 2 is 2.05 bits per heavy atom. The normalized spacial score (nSPS) is 15.0. The number of hydrogen-bond donors (Lipinski definition) is 3. The van der Waals surface area contributed by atoms with E-state index in [9.17, 15) is 9.90 Å². The van der Waals surface area contributed by atoms with Gasteiger partial charge in [-0.25, -0.2) is 0 Å². The van der Waals surface area contributed by atoms with Gasteiger partial charge in [-0.3, -0.25) is 4.79 Å². The zero-order valence-corrected chi connectivity index (χ0v) is 10.5. The number of rotatable bonds is 6. The maximum absolute atomic E-state index is 11.3. The summed E-state index contributed by atoms with van der Waals surface area (Å²) in [5.41, 5.74) is 0.606. The molecule has 0 aromatic heterocycles. The van der Waals surface area contributed by atoms with E-state index in [0.717, 1.165) is 0 Å². The van der Waals surface area contributed by atoms with E-state index in [4.69, 9.17) is 14.6 Å². The molecule has 0 saturated carbocycles. The molecular formula is C13H17NO5. The average molecular weight is 267 g/mol. The molecule has 1 aromatic carbocycles. The number of carboxylic acids is 1. The molecule has 1 aliphatic rings. The summed E-state index contributed by atoms with van der Waals surface area (Å²) in [5, 5.41) is 20.8. The van der Waals surface area contributed by atoms with Crippen molar-refractivity contribution in [3.63, 3.8) is 0 Å². The van der Waals surface area contributed by atoms with Crippen LogP contribution in [0.4, 0.5) is 0 Å². The molecular weight excluding hydrogens is 250 g/mol. The Morgan fingerprint density at radius 1 is 1.32 bits per heavy atom. The number of aliphatic carboxylic acids is 1. The minimum atomic E-state index is -0.963. The van der Waals surface area contributed by atoms with Gasteiger partial charge in [0.05, 0.1) is 0 Å². The van der Waals surface area contributed by atoms with E-state index in [1.807, 2.05) is 0 Å². The van der Waals surface area contributed by atoms with Crippen LogP contribution < -0.4 is 14.8 Å². The van der Waals surface area contributed by atoms with Gasteiger partial charge < -0.3 is 25.0 Å². The molecule has 0 saturated heterocycles. The van der Waals surface area contributed by atoms with Crippen molar-refractivity contribution < 1.29 is 24.5 Å². The predicted octanol–water partition coefficient (Wildman–Crippen LogP) is 0.555. The van der Waals surface area contributed by atoms with Gasteiger partial charge in [-0.1, -0.05) is 6.07 Å². The number of hydrogen-bond acceptors (Lipinski definition) is 5. The Hall–Kier alpha value is -1.79. The van der Waals surface area contributed by atoms with Crippen molar-refractivity contribution in [1.29, 1.82) is 0 Å². The molecule has 1 atom stereocenters. The molecule has 0 radical (unpaired) electrons. The molecule has 0 bridgehead atoms. The van der Waals surface area contributed by atoms with Crippen molar-refractivity contribution in [1.82, 2.24) is 5.32 Å². The number of carboxylic acid groups (broad SMARTS) is 1. The molecule has 0 aliphatic carbocycles. The number of aliphatic hydroxyl groups is 1. The lowest BCUT2D eigenvalue weighted by atomic mass is 10.1. The number of fused-ring (bicyclic) bond motifs is 1. The van der Waals surface area contributed by atoms with Crippen molar-refractivity contribution in [2.24, 2.45) is 0 Å². The summed E-state index contributed by atoms with van der Waals surface area (Å²) < 4.78 is 10.8. The van der Waals surface area contributed by atoms with Crippen LogP contribution in [0.25, 0.3) is 0 Å². The summed E-state index contributed by atoms with van der Waals surface area (Å²) in [7, 11) is 0. The topological polar surface area (TPSA) is 88.0 Å². The number of carbonyl (C=O) groups is 1. The molecule has 104 valence electrons. The second-order valence-corrected chi connectivity index (χ2v) is 4.21. The van der Waals surface area contributed by atoms with E-state index in [2.05, 4.69) is 5.32 Å². The molecule has 1 aliphatic heterocycles. The van der Waals surface area contributed by atoms with Gasteiger partial charge in [-0.15, -0.1) is 0 Å². The molecule has 6 heteroatoms. The average Bonchev–Trinajstić information content (AvgIpc) is 2.43. The lowest BCUT2D eigenvalue weighted by Crippen LogP contribution is -2.29. The Bertz CT molecular complexity index is 449. The largest absolute Gasteiger partial charge is 0.486 e. The number of benzene rings is 1. The summed E-state index contributed by atoms with van der Waals surface area (Å²) >= 11 is 0. The van der Waals surface area contributed by atoms with Crippen LogP contribution in [0.1, 0.15) is 18.0 Å². The zero-order chi connectivity index (χ0) is 13.7. The lowest BCUT2D eigenvalue weighted by Gasteiger charge is -2.21.